The smallest absolute Gasteiger partial charge is 0.0710 e. The van der Waals surface area contributed by atoms with Gasteiger partial charge in [-0.2, -0.15) is 0 Å². The molecule has 0 fully saturated rings. The fourth-order valence-corrected chi connectivity index (χ4v) is 2.31. The zero-order valence-electron chi connectivity index (χ0n) is 11.2. The lowest BCUT2D eigenvalue weighted by atomic mass is 9.75. The van der Waals surface area contributed by atoms with E-state index in [1.54, 1.807) is 0 Å². The van der Waals surface area contributed by atoms with E-state index in [9.17, 15) is 5.11 Å². The Balaban J connectivity index is 2.47. The molecule has 1 unspecified atom stereocenters. The highest BCUT2D eigenvalue weighted by atomic mass is 16.3. The van der Waals surface area contributed by atoms with Crippen LogP contribution in [0.15, 0.2) is 23.3 Å². The summed E-state index contributed by atoms with van der Waals surface area (Å²) in [6, 6.07) is 0. The van der Waals surface area contributed by atoms with Crippen molar-refractivity contribution in [3.63, 3.8) is 0 Å². The first kappa shape index (κ1) is 13.5. The summed E-state index contributed by atoms with van der Waals surface area (Å²) in [5.41, 5.74) is 2.36. The van der Waals surface area contributed by atoms with Crippen LogP contribution in [0.3, 0.4) is 0 Å². The molecule has 0 amide bonds. The van der Waals surface area contributed by atoms with Crippen LogP contribution in [0.4, 0.5) is 0 Å². The predicted molar refractivity (Wildman–Crippen MR) is 70.4 cm³/mol. The first-order chi connectivity index (χ1) is 7.44. The van der Waals surface area contributed by atoms with E-state index in [1.165, 1.54) is 11.1 Å². The first-order valence-electron chi connectivity index (χ1n) is 6.45. The van der Waals surface area contributed by atoms with Gasteiger partial charge in [-0.3, -0.25) is 0 Å². The maximum absolute atomic E-state index is 10.6. The molecule has 16 heavy (non-hydrogen) atoms. The van der Waals surface area contributed by atoms with Gasteiger partial charge in [-0.25, -0.2) is 0 Å². The van der Waals surface area contributed by atoms with E-state index < -0.39 is 5.60 Å². The van der Waals surface area contributed by atoms with E-state index in [0.717, 1.165) is 32.1 Å². The van der Waals surface area contributed by atoms with Gasteiger partial charge >= 0.3 is 0 Å². The zero-order valence-corrected chi connectivity index (χ0v) is 11.2. The molecule has 92 valence electrons. The van der Waals surface area contributed by atoms with Crippen molar-refractivity contribution >= 4 is 0 Å². The molecule has 1 aliphatic rings. The Morgan fingerprint density at radius 1 is 1.56 bits per heavy atom. The van der Waals surface area contributed by atoms with Gasteiger partial charge in [0, 0.05) is 0 Å². The number of rotatable bonds is 4. The van der Waals surface area contributed by atoms with Gasteiger partial charge in [-0.05, 0) is 58.8 Å². The Morgan fingerprint density at radius 3 is 2.75 bits per heavy atom. The van der Waals surface area contributed by atoms with Crippen molar-refractivity contribution in [1.29, 1.82) is 0 Å². The number of allylic oxidation sites excluding steroid dienone is 3. The Hall–Kier alpha value is -0.560. The van der Waals surface area contributed by atoms with E-state index in [1.807, 2.05) is 0 Å². The summed E-state index contributed by atoms with van der Waals surface area (Å²) >= 11 is 0. The van der Waals surface area contributed by atoms with Gasteiger partial charge in [-0.1, -0.05) is 30.2 Å². The van der Waals surface area contributed by atoms with Gasteiger partial charge in [0.1, 0.15) is 0 Å². The second-order valence-corrected chi connectivity index (χ2v) is 5.62. The highest BCUT2D eigenvalue weighted by Gasteiger charge is 2.33. The SMILES string of the molecule is CC(C)=CCCC(C)[C@]1(O)CC=C(C)CC1. The van der Waals surface area contributed by atoms with Crippen LogP contribution in [0.1, 0.15) is 59.8 Å². The lowest BCUT2D eigenvalue weighted by Crippen LogP contribution is -2.37. The molecule has 1 aliphatic carbocycles. The first-order valence-corrected chi connectivity index (χ1v) is 6.45. The maximum atomic E-state index is 10.6. The highest BCUT2D eigenvalue weighted by molar-refractivity contribution is 5.09. The normalized spacial score (nSPS) is 27.2. The standard InChI is InChI=1S/C15H26O/c1-12(2)6-5-7-14(4)15(16)10-8-13(3)9-11-15/h6,8,14,16H,5,7,9-11H2,1-4H3/t14?,15-/m0/s1. The molecule has 1 nitrogen and oxygen atoms in total. The third kappa shape index (κ3) is 3.79. The molecule has 0 spiro atoms. The predicted octanol–water partition coefficient (Wildman–Crippen LogP) is 4.23. The van der Waals surface area contributed by atoms with Gasteiger partial charge in [-0.15, -0.1) is 0 Å². The Labute approximate surface area is 100 Å². The van der Waals surface area contributed by atoms with Crippen LogP contribution in [0.25, 0.3) is 0 Å². The second kappa shape index (κ2) is 5.67. The van der Waals surface area contributed by atoms with Gasteiger partial charge in [0.15, 0.2) is 0 Å². The molecule has 0 aromatic heterocycles. The van der Waals surface area contributed by atoms with Crippen LogP contribution in [0, 0.1) is 5.92 Å². The van der Waals surface area contributed by atoms with E-state index >= 15 is 0 Å². The van der Waals surface area contributed by atoms with E-state index in [4.69, 9.17) is 0 Å². The minimum Gasteiger partial charge on any atom is -0.389 e. The molecule has 1 N–H and O–H groups in total. The molecule has 1 rings (SSSR count). The summed E-state index contributed by atoms with van der Waals surface area (Å²) < 4.78 is 0. The van der Waals surface area contributed by atoms with Crippen LogP contribution in [-0.4, -0.2) is 10.7 Å². The van der Waals surface area contributed by atoms with E-state index in [-0.39, 0.29) is 0 Å². The summed E-state index contributed by atoms with van der Waals surface area (Å²) in [5.74, 6) is 0.396. The minimum atomic E-state index is -0.449. The Morgan fingerprint density at radius 2 is 2.25 bits per heavy atom. The lowest BCUT2D eigenvalue weighted by Gasteiger charge is -2.36. The monoisotopic (exact) mass is 222 g/mol. The molecule has 0 aromatic carbocycles. The fourth-order valence-electron chi connectivity index (χ4n) is 2.31. The largest absolute Gasteiger partial charge is 0.389 e. The van der Waals surface area contributed by atoms with Crippen LogP contribution >= 0.6 is 0 Å². The zero-order chi connectivity index (χ0) is 12.2. The van der Waals surface area contributed by atoms with E-state index in [2.05, 4.69) is 39.8 Å². The summed E-state index contributed by atoms with van der Waals surface area (Å²) in [6.45, 7) is 8.61. The highest BCUT2D eigenvalue weighted by Crippen LogP contribution is 2.35. The Bertz CT molecular complexity index is 284. The topological polar surface area (TPSA) is 20.2 Å². The molecule has 0 radical (unpaired) electrons. The maximum Gasteiger partial charge on any atom is 0.0710 e. The molecule has 0 bridgehead atoms. The lowest BCUT2D eigenvalue weighted by molar-refractivity contribution is -0.0234. The van der Waals surface area contributed by atoms with Gasteiger partial charge < -0.3 is 5.11 Å². The van der Waals surface area contributed by atoms with Crippen molar-refractivity contribution in [2.45, 2.75) is 65.4 Å². The third-order valence-electron chi connectivity index (χ3n) is 3.83. The van der Waals surface area contributed by atoms with Crippen molar-refractivity contribution in [3.8, 4) is 0 Å². The summed E-state index contributed by atoms with van der Waals surface area (Å²) in [7, 11) is 0. The van der Waals surface area contributed by atoms with Crippen LogP contribution < -0.4 is 0 Å². The Kier molecular flexibility index (Phi) is 4.79. The molecule has 1 heteroatoms. The van der Waals surface area contributed by atoms with Crippen LogP contribution in [0.5, 0.6) is 0 Å². The minimum absolute atomic E-state index is 0.396. The second-order valence-electron chi connectivity index (χ2n) is 5.62. The van der Waals surface area contributed by atoms with Crippen LogP contribution in [-0.2, 0) is 0 Å². The molecule has 0 heterocycles. The van der Waals surface area contributed by atoms with Gasteiger partial charge in [0.2, 0.25) is 0 Å². The molecule has 0 saturated heterocycles. The van der Waals surface area contributed by atoms with Crippen molar-refractivity contribution in [2.24, 2.45) is 5.92 Å². The summed E-state index contributed by atoms with van der Waals surface area (Å²) in [6.07, 6.45) is 9.50. The molecule has 0 saturated carbocycles. The molecular weight excluding hydrogens is 196 g/mol. The van der Waals surface area contributed by atoms with E-state index in [0.29, 0.717) is 5.92 Å². The van der Waals surface area contributed by atoms with Gasteiger partial charge in [0.25, 0.3) is 0 Å². The average Bonchev–Trinajstić information content (AvgIpc) is 2.22. The quantitative estimate of drug-likeness (QED) is 0.706. The molecular formula is C15H26O. The molecule has 0 aliphatic heterocycles. The van der Waals surface area contributed by atoms with Crippen molar-refractivity contribution in [1.82, 2.24) is 0 Å². The number of hydrogen-bond donors (Lipinski definition) is 1. The van der Waals surface area contributed by atoms with Crippen molar-refractivity contribution in [3.05, 3.63) is 23.3 Å². The average molecular weight is 222 g/mol. The summed E-state index contributed by atoms with van der Waals surface area (Å²) in [5, 5.41) is 10.6. The van der Waals surface area contributed by atoms with Crippen molar-refractivity contribution in [2.75, 3.05) is 0 Å². The fraction of sp³-hybridized carbons (Fsp3) is 0.733. The van der Waals surface area contributed by atoms with Crippen LogP contribution in [0.2, 0.25) is 0 Å². The third-order valence-corrected chi connectivity index (χ3v) is 3.83. The molecule has 0 aromatic rings. The molecule has 2 atom stereocenters. The van der Waals surface area contributed by atoms with Crippen molar-refractivity contribution < 1.29 is 5.11 Å². The van der Waals surface area contributed by atoms with Gasteiger partial charge in [0.05, 0.1) is 5.60 Å². The number of aliphatic hydroxyl groups is 1. The number of hydrogen-bond acceptors (Lipinski definition) is 1. The summed E-state index contributed by atoms with van der Waals surface area (Å²) in [4.78, 5) is 0.